The molecule has 88 valence electrons. The summed E-state index contributed by atoms with van der Waals surface area (Å²) in [7, 11) is 0. The van der Waals surface area contributed by atoms with E-state index in [1.54, 1.807) is 0 Å². The van der Waals surface area contributed by atoms with Gasteiger partial charge in [0.25, 0.3) is 0 Å². The molecular formula is C9H15F3N2O. The first-order valence-corrected chi connectivity index (χ1v) is 4.97. The van der Waals surface area contributed by atoms with Crippen molar-refractivity contribution in [3.05, 3.63) is 0 Å². The Morgan fingerprint density at radius 2 is 2.07 bits per heavy atom. The lowest BCUT2D eigenvalue weighted by Crippen LogP contribution is -2.53. The summed E-state index contributed by atoms with van der Waals surface area (Å²) in [5.41, 5.74) is 3.44. The second-order valence-electron chi connectivity index (χ2n) is 3.96. The molecule has 0 radical (unpaired) electrons. The van der Waals surface area contributed by atoms with Crippen LogP contribution in [0.1, 0.15) is 32.6 Å². The van der Waals surface area contributed by atoms with Gasteiger partial charge < -0.3 is 11.1 Å². The van der Waals surface area contributed by atoms with Crippen molar-refractivity contribution in [2.24, 2.45) is 5.73 Å². The van der Waals surface area contributed by atoms with Crippen molar-refractivity contribution in [1.29, 1.82) is 0 Å². The number of nitrogens with two attached hydrogens (primary N) is 1. The Kier molecular flexibility index (Phi) is 3.28. The van der Waals surface area contributed by atoms with E-state index in [-0.39, 0.29) is 12.8 Å². The lowest BCUT2D eigenvalue weighted by molar-refractivity contribution is -0.170. The molecule has 1 aliphatic carbocycles. The first-order valence-electron chi connectivity index (χ1n) is 4.97. The largest absolute Gasteiger partial charge is 0.411 e. The number of rotatable bonds is 4. The molecule has 0 aromatic rings. The van der Waals surface area contributed by atoms with E-state index in [0.717, 1.165) is 0 Å². The van der Waals surface area contributed by atoms with Crippen LogP contribution < -0.4 is 11.1 Å². The van der Waals surface area contributed by atoms with E-state index in [0.29, 0.717) is 12.8 Å². The molecule has 0 saturated heterocycles. The minimum Gasteiger partial charge on any atom is -0.341 e. The second-order valence-corrected chi connectivity index (χ2v) is 3.96. The monoisotopic (exact) mass is 224 g/mol. The molecule has 0 heterocycles. The van der Waals surface area contributed by atoms with Gasteiger partial charge in [0, 0.05) is 0 Å². The Morgan fingerprint density at radius 1 is 1.53 bits per heavy atom. The highest BCUT2D eigenvalue weighted by Gasteiger charge is 2.64. The molecule has 1 saturated carbocycles. The molecule has 0 aromatic heterocycles. The van der Waals surface area contributed by atoms with E-state index < -0.39 is 23.7 Å². The van der Waals surface area contributed by atoms with Crippen LogP contribution >= 0.6 is 0 Å². The van der Waals surface area contributed by atoms with Crippen molar-refractivity contribution in [3.63, 3.8) is 0 Å². The molecule has 1 aliphatic rings. The molecule has 0 unspecified atom stereocenters. The quantitative estimate of drug-likeness (QED) is 0.756. The number of hydrogen-bond donors (Lipinski definition) is 2. The summed E-state index contributed by atoms with van der Waals surface area (Å²) in [6.07, 6.45) is -3.37. The van der Waals surface area contributed by atoms with Crippen molar-refractivity contribution >= 4 is 5.91 Å². The minimum atomic E-state index is -4.37. The van der Waals surface area contributed by atoms with E-state index in [1.165, 1.54) is 0 Å². The first kappa shape index (κ1) is 12.3. The lowest BCUT2D eigenvalue weighted by atomic mass is 10.1. The Bertz CT molecular complexity index is 248. The molecule has 0 spiro atoms. The average Bonchev–Trinajstić information content (AvgIpc) is 2.84. The van der Waals surface area contributed by atoms with Crippen molar-refractivity contribution in [3.8, 4) is 0 Å². The highest BCUT2D eigenvalue weighted by atomic mass is 19.4. The smallest absolute Gasteiger partial charge is 0.341 e. The predicted octanol–water partition coefficient (Wildman–Crippen LogP) is 1.32. The molecular weight excluding hydrogens is 209 g/mol. The standard InChI is InChI=1S/C9H15F3N2O/c1-2-3-6(13)7(15)14-8(4-5-8)9(10,11)12/h6H,2-5,13H2,1H3,(H,14,15)/t6-/m0/s1. The predicted molar refractivity (Wildman–Crippen MR) is 49.0 cm³/mol. The summed E-state index contributed by atoms with van der Waals surface area (Å²) in [4.78, 5) is 11.3. The third-order valence-corrected chi connectivity index (χ3v) is 2.59. The van der Waals surface area contributed by atoms with Crippen molar-refractivity contribution in [2.45, 2.75) is 50.4 Å². The van der Waals surface area contributed by atoms with E-state index in [2.05, 4.69) is 0 Å². The van der Waals surface area contributed by atoms with Gasteiger partial charge in [-0.25, -0.2) is 0 Å². The maximum Gasteiger partial charge on any atom is 0.411 e. The van der Waals surface area contributed by atoms with Crippen LogP contribution in [0, 0.1) is 0 Å². The van der Waals surface area contributed by atoms with Gasteiger partial charge in [-0.2, -0.15) is 13.2 Å². The van der Waals surface area contributed by atoms with E-state index in [1.807, 2.05) is 12.2 Å². The molecule has 3 nitrogen and oxygen atoms in total. The molecule has 6 heteroatoms. The maximum absolute atomic E-state index is 12.4. The van der Waals surface area contributed by atoms with Crippen LogP contribution in [0.3, 0.4) is 0 Å². The Labute approximate surface area is 86.2 Å². The normalized spacial score (nSPS) is 20.9. The van der Waals surface area contributed by atoms with Crippen LogP contribution in [0.4, 0.5) is 13.2 Å². The summed E-state index contributed by atoms with van der Waals surface area (Å²) in [5.74, 6) is -0.702. The summed E-state index contributed by atoms with van der Waals surface area (Å²) in [6.45, 7) is 1.82. The van der Waals surface area contributed by atoms with Crippen molar-refractivity contribution in [2.75, 3.05) is 0 Å². The maximum atomic E-state index is 12.4. The van der Waals surface area contributed by atoms with Crippen molar-refractivity contribution in [1.82, 2.24) is 5.32 Å². The molecule has 0 bridgehead atoms. The second kappa shape index (κ2) is 4.00. The zero-order chi connectivity index (χ0) is 11.7. The summed E-state index contributed by atoms with van der Waals surface area (Å²) in [6, 6.07) is -0.838. The third-order valence-electron chi connectivity index (χ3n) is 2.59. The fraction of sp³-hybridized carbons (Fsp3) is 0.889. The Morgan fingerprint density at radius 3 is 2.40 bits per heavy atom. The topological polar surface area (TPSA) is 55.1 Å². The Balaban J connectivity index is 2.52. The van der Waals surface area contributed by atoms with E-state index in [9.17, 15) is 18.0 Å². The molecule has 1 fully saturated rings. The van der Waals surface area contributed by atoms with Crippen molar-refractivity contribution < 1.29 is 18.0 Å². The molecule has 0 aliphatic heterocycles. The van der Waals surface area contributed by atoms with Gasteiger partial charge in [-0.1, -0.05) is 13.3 Å². The van der Waals surface area contributed by atoms with Crippen LogP contribution in [-0.2, 0) is 4.79 Å². The highest BCUT2D eigenvalue weighted by molar-refractivity contribution is 5.82. The van der Waals surface area contributed by atoms with Crippen LogP contribution in [0.5, 0.6) is 0 Å². The van der Waals surface area contributed by atoms with Crippen LogP contribution in [0.15, 0.2) is 0 Å². The van der Waals surface area contributed by atoms with Gasteiger partial charge in [0.15, 0.2) is 0 Å². The first-order chi connectivity index (χ1) is 6.82. The fourth-order valence-electron chi connectivity index (χ4n) is 1.37. The third kappa shape index (κ3) is 2.62. The lowest BCUT2D eigenvalue weighted by Gasteiger charge is -2.22. The molecule has 15 heavy (non-hydrogen) atoms. The van der Waals surface area contributed by atoms with Gasteiger partial charge in [-0.3, -0.25) is 4.79 Å². The zero-order valence-corrected chi connectivity index (χ0v) is 8.53. The summed E-state index contributed by atoms with van der Waals surface area (Å²) >= 11 is 0. The summed E-state index contributed by atoms with van der Waals surface area (Å²) in [5, 5.41) is 2.00. The summed E-state index contributed by atoms with van der Waals surface area (Å²) < 4.78 is 37.3. The molecule has 0 aromatic carbocycles. The van der Waals surface area contributed by atoms with Gasteiger partial charge >= 0.3 is 6.18 Å². The van der Waals surface area contributed by atoms with Gasteiger partial charge in [-0.05, 0) is 19.3 Å². The van der Waals surface area contributed by atoms with Crippen LogP contribution in [-0.4, -0.2) is 23.7 Å². The van der Waals surface area contributed by atoms with Gasteiger partial charge in [-0.15, -0.1) is 0 Å². The average molecular weight is 224 g/mol. The van der Waals surface area contributed by atoms with Gasteiger partial charge in [0.1, 0.15) is 5.54 Å². The van der Waals surface area contributed by atoms with E-state index in [4.69, 9.17) is 5.73 Å². The molecule has 1 rings (SSSR count). The number of nitrogens with one attached hydrogen (secondary N) is 1. The van der Waals surface area contributed by atoms with Crippen LogP contribution in [0.2, 0.25) is 0 Å². The number of carbonyl (C=O) groups is 1. The number of hydrogen-bond acceptors (Lipinski definition) is 2. The van der Waals surface area contributed by atoms with E-state index >= 15 is 0 Å². The molecule has 3 N–H and O–H groups in total. The zero-order valence-electron chi connectivity index (χ0n) is 8.53. The van der Waals surface area contributed by atoms with Gasteiger partial charge in [0.2, 0.25) is 5.91 Å². The number of amides is 1. The SMILES string of the molecule is CCC[C@H](N)C(=O)NC1(C(F)(F)F)CC1. The van der Waals surface area contributed by atoms with Crippen LogP contribution in [0.25, 0.3) is 0 Å². The van der Waals surface area contributed by atoms with Gasteiger partial charge in [0.05, 0.1) is 6.04 Å². The number of halogens is 3. The fourth-order valence-corrected chi connectivity index (χ4v) is 1.37. The Hall–Kier alpha value is -0.780. The number of alkyl halides is 3. The number of carbonyl (C=O) groups excluding carboxylic acids is 1. The molecule has 1 amide bonds. The molecule has 1 atom stereocenters. The highest BCUT2D eigenvalue weighted by Crippen LogP contribution is 2.48. The minimum absolute atomic E-state index is 0.0406.